The molecular formula is C10H11N3S. The summed E-state index contributed by atoms with van der Waals surface area (Å²) in [4.78, 5) is 2.91. The molecule has 3 nitrogen and oxygen atoms in total. The third kappa shape index (κ3) is 2.74. The van der Waals surface area contributed by atoms with Crippen LogP contribution in [0.4, 0.5) is 0 Å². The molecule has 1 N–H and O–H groups in total. The molecule has 1 heterocycles. The van der Waals surface area contributed by atoms with Crippen LogP contribution in [0, 0.1) is 0 Å². The molecule has 0 spiro atoms. The fraction of sp³-hybridized carbons (Fsp3) is 0. The van der Waals surface area contributed by atoms with Gasteiger partial charge in [-0.2, -0.15) is 0 Å². The minimum absolute atomic E-state index is 0.488. The summed E-state index contributed by atoms with van der Waals surface area (Å²) in [5.41, 5.74) is 0.882. The van der Waals surface area contributed by atoms with Crippen LogP contribution >= 0.6 is 12.6 Å². The van der Waals surface area contributed by atoms with Gasteiger partial charge in [0.15, 0.2) is 11.0 Å². The summed E-state index contributed by atoms with van der Waals surface area (Å²) < 4.78 is 0. The molecule has 0 saturated carbocycles. The molecule has 0 radical (unpaired) electrons. The van der Waals surface area contributed by atoms with Gasteiger partial charge in [0.2, 0.25) is 0 Å². The van der Waals surface area contributed by atoms with Crippen LogP contribution in [-0.2, 0) is 0 Å². The van der Waals surface area contributed by atoms with Gasteiger partial charge in [-0.05, 0) is 0 Å². The molecule has 0 aromatic carbocycles. The Morgan fingerprint density at radius 3 is 2.57 bits per heavy atom. The first kappa shape index (κ1) is 10.5. The summed E-state index contributed by atoms with van der Waals surface area (Å²) in [5.74, 6) is 0.660. The van der Waals surface area contributed by atoms with Crippen LogP contribution in [0.5, 0.6) is 0 Å². The number of hydrogen-bond acceptors (Lipinski definition) is 3. The van der Waals surface area contributed by atoms with E-state index in [0.29, 0.717) is 11.0 Å². The van der Waals surface area contributed by atoms with Crippen LogP contribution in [0.3, 0.4) is 0 Å². The van der Waals surface area contributed by atoms with Gasteiger partial charge in [-0.15, -0.1) is 22.8 Å². The maximum Gasteiger partial charge on any atom is 0.185 e. The van der Waals surface area contributed by atoms with E-state index >= 15 is 0 Å². The lowest BCUT2D eigenvalue weighted by molar-refractivity contribution is 0.978. The van der Waals surface area contributed by atoms with Crippen molar-refractivity contribution in [2.75, 3.05) is 0 Å². The zero-order chi connectivity index (χ0) is 10.4. The van der Waals surface area contributed by atoms with Gasteiger partial charge in [0.05, 0.1) is 0 Å². The Bertz CT molecular complexity index is 388. The number of allylic oxidation sites excluding steroid dienone is 6. The fourth-order valence-electron chi connectivity index (χ4n) is 0.895. The van der Waals surface area contributed by atoms with Gasteiger partial charge in [0.1, 0.15) is 0 Å². The van der Waals surface area contributed by atoms with E-state index < -0.39 is 0 Å². The second-order valence-corrected chi connectivity index (χ2v) is 2.87. The van der Waals surface area contributed by atoms with Gasteiger partial charge < -0.3 is 4.98 Å². The highest BCUT2D eigenvalue weighted by Crippen LogP contribution is 2.12. The Kier molecular flexibility index (Phi) is 3.94. The minimum atomic E-state index is 0.488. The molecule has 0 aliphatic carbocycles. The molecule has 1 aromatic rings. The lowest BCUT2D eigenvalue weighted by atomic mass is 10.2. The summed E-state index contributed by atoms with van der Waals surface area (Å²) >= 11 is 4.03. The topological polar surface area (TPSA) is 41.6 Å². The van der Waals surface area contributed by atoms with E-state index in [9.17, 15) is 0 Å². The standard InChI is InChI=1S/C10H11N3S/c1-3-5-7-8(6-4-2)9-11-10(14)13-12-9/h3-7H,1-2H2,(H2,11,12,13,14)/b7-5-,8-6+. The van der Waals surface area contributed by atoms with E-state index in [-0.39, 0.29) is 0 Å². The molecule has 0 saturated heterocycles. The van der Waals surface area contributed by atoms with Crippen molar-refractivity contribution in [2.45, 2.75) is 5.16 Å². The third-order valence-electron chi connectivity index (χ3n) is 1.46. The van der Waals surface area contributed by atoms with Crippen molar-refractivity contribution in [3.63, 3.8) is 0 Å². The first-order valence-corrected chi connectivity index (χ1v) is 4.46. The smallest absolute Gasteiger partial charge is 0.185 e. The van der Waals surface area contributed by atoms with Gasteiger partial charge in [0, 0.05) is 5.57 Å². The predicted molar refractivity (Wildman–Crippen MR) is 61.1 cm³/mol. The molecule has 4 heteroatoms. The highest BCUT2D eigenvalue weighted by molar-refractivity contribution is 7.80. The number of aromatic nitrogens is 3. The maximum atomic E-state index is 4.03. The predicted octanol–water partition coefficient (Wildman–Crippen LogP) is 2.40. The van der Waals surface area contributed by atoms with Gasteiger partial charge in [0.25, 0.3) is 0 Å². The maximum absolute atomic E-state index is 4.03. The van der Waals surface area contributed by atoms with Crippen molar-refractivity contribution in [3.05, 3.63) is 49.4 Å². The molecule has 1 aromatic heterocycles. The number of rotatable bonds is 4. The second-order valence-electron chi connectivity index (χ2n) is 2.45. The number of H-pyrrole nitrogens is 1. The van der Waals surface area contributed by atoms with Crippen LogP contribution in [-0.4, -0.2) is 15.2 Å². The van der Waals surface area contributed by atoms with Gasteiger partial charge in [-0.25, -0.2) is 0 Å². The molecule has 1 rings (SSSR count). The van der Waals surface area contributed by atoms with Gasteiger partial charge >= 0.3 is 0 Å². The average molecular weight is 205 g/mol. The highest BCUT2D eigenvalue weighted by Gasteiger charge is 2.01. The van der Waals surface area contributed by atoms with E-state index in [0.717, 1.165) is 5.57 Å². The lowest BCUT2D eigenvalue weighted by Crippen LogP contribution is -1.83. The Balaban J connectivity index is 3.00. The summed E-state index contributed by atoms with van der Waals surface area (Å²) in [6, 6.07) is 0. The zero-order valence-electron chi connectivity index (χ0n) is 7.64. The Morgan fingerprint density at radius 2 is 2.07 bits per heavy atom. The molecule has 0 amide bonds. The molecule has 0 fully saturated rings. The first-order chi connectivity index (χ1) is 6.77. The van der Waals surface area contributed by atoms with Gasteiger partial charge in [-0.3, -0.25) is 0 Å². The fourth-order valence-corrected chi connectivity index (χ4v) is 1.05. The van der Waals surface area contributed by atoms with E-state index in [4.69, 9.17) is 0 Å². The molecule has 0 aliphatic heterocycles. The molecule has 0 atom stereocenters. The summed E-state index contributed by atoms with van der Waals surface area (Å²) in [7, 11) is 0. The minimum Gasteiger partial charge on any atom is -0.316 e. The second kappa shape index (κ2) is 5.24. The highest BCUT2D eigenvalue weighted by atomic mass is 32.1. The van der Waals surface area contributed by atoms with Crippen LogP contribution in [0.15, 0.2) is 48.7 Å². The van der Waals surface area contributed by atoms with E-state index in [2.05, 4.69) is 41.0 Å². The van der Waals surface area contributed by atoms with Crippen LogP contribution in [0.25, 0.3) is 5.57 Å². The zero-order valence-corrected chi connectivity index (χ0v) is 8.54. The number of nitrogens with one attached hydrogen (secondary N) is 1. The Hall–Kier alpha value is -1.55. The summed E-state index contributed by atoms with van der Waals surface area (Å²) in [6.45, 7) is 7.21. The van der Waals surface area contributed by atoms with Crippen LogP contribution < -0.4 is 0 Å². The van der Waals surface area contributed by atoms with E-state index in [1.54, 1.807) is 12.2 Å². The first-order valence-electron chi connectivity index (χ1n) is 4.01. The van der Waals surface area contributed by atoms with Crippen molar-refractivity contribution in [1.82, 2.24) is 15.2 Å². The average Bonchev–Trinajstić information content (AvgIpc) is 2.59. The van der Waals surface area contributed by atoms with E-state index in [1.807, 2.05) is 18.2 Å². The molecule has 0 aliphatic rings. The number of hydrogen-bond donors (Lipinski definition) is 2. The van der Waals surface area contributed by atoms with Gasteiger partial charge in [-0.1, -0.05) is 43.5 Å². The number of aromatic amines is 1. The van der Waals surface area contributed by atoms with Crippen molar-refractivity contribution < 1.29 is 0 Å². The molecule has 0 unspecified atom stereocenters. The largest absolute Gasteiger partial charge is 0.316 e. The van der Waals surface area contributed by atoms with E-state index in [1.165, 1.54) is 0 Å². The third-order valence-corrected chi connectivity index (χ3v) is 1.66. The van der Waals surface area contributed by atoms with Crippen molar-refractivity contribution in [2.24, 2.45) is 0 Å². The number of nitrogens with zero attached hydrogens (tertiary/aromatic N) is 2. The van der Waals surface area contributed by atoms with Crippen molar-refractivity contribution >= 4 is 18.2 Å². The molecule has 72 valence electrons. The van der Waals surface area contributed by atoms with Crippen LogP contribution in [0.2, 0.25) is 0 Å². The normalized spacial score (nSPS) is 11.9. The summed E-state index contributed by atoms with van der Waals surface area (Å²) in [5, 5.41) is 8.14. The molecular weight excluding hydrogens is 194 g/mol. The number of thiol groups is 1. The van der Waals surface area contributed by atoms with Crippen molar-refractivity contribution in [3.8, 4) is 0 Å². The SMILES string of the molecule is C=C/C=C\C(=C/C=C)c1nnc(S)[nH]1. The Morgan fingerprint density at radius 1 is 1.29 bits per heavy atom. The monoisotopic (exact) mass is 205 g/mol. The van der Waals surface area contributed by atoms with Crippen molar-refractivity contribution in [1.29, 1.82) is 0 Å². The molecule has 0 bridgehead atoms. The Labute approximate surface area is 88.4 Å². The molecule has 14 heavy (non-hydrogen) atoms. The lowest BCUT2D eigenvalue weighted by Gasteiger charge is -1.93. The van der Waals surface area contributed by atoms with Crippen LogP contribution in [0.1, 0.15) is 5.82 Å². The quantitative estimate of drug-likeness (QED) is 0.585. The summed E-state index contributed by atoms with van der Waals surface area (Å²) in [6.07, 6.45) is 8.88.